The summed E-state index contributed by atoms with van der Waals surface area (Å²) in [6, 6.07) is 4.75. The lowest BCUT2D eigenvalue weighted by Crippen LogP contribution is -2.45. The van der Waals surface area contributed by atoms with E-state index in [0.29, 0.717) is 16.1 Å². The van der Waals surface area contributed by atoms with Gasteiger partial charge >= 0.3 is 0 Å². The van der Waals surface area contributed by atoms with Gasteiger partial charge in [-0.3, -0.25) is 0 Å². The largest absolute Gasteiger partial charge is 0.496 e. The average Bonchev–Trinajstić information content (AvgIpc) is 3.11. The fraction of sp³-hybridized carbons (Fsp3) is 0.538. The number of rotatable bonds is 5. The molecular weight excluding hydrogens is 330 g/mol. The summed E-state index contributed by atoms with van der Waals surface area (Å²) in [7, 11) is -1.96. The predicted molar refractivity (Wildman–Crippen MR) is 77.8 cm³/mol. The van der Waals surface area contributed by atoms with Gasteiger partial charge in [0.05, 0.1) is 16.5 Å². The van der Waals surface area contributed by atoms with Crippen LogP contribution in [0.15, 0.2) is 27.6 Å². The van der Waals surface area contributed by atoms with Gasteiger partial charge in [0.2, 0.25) is 10.0 Å². The number of halogens is 1. The molecule has 19 heavy (non-hydrogen) atoms. The molecule has 0 amide bonds. The van der Waals surface area contributed by atoms with E-state index in [-0.39, 0.29) is 4.90 Å². The third-order valence-electron chi connectivity index (χ3n) is 3.43. The first-order valence-corrected chi connectivity index (χ1v) is 8.41. The topological polar surface area (TPSA) is 55.4 Å². The molecule has 1 aliphatic rings. The van der Waals surface area contributed by atoms with Gasteiger partial charge < -0.3 is 4.74 Å². The Morgan fingerprint density at radius 3 is 2.47 bits per heavy atom. The second-order valence-electron chi connectivity index (χ2n) is 5.40. The van der Waals surface area contributed by atoms with Gasteiger partial charge in [-0.05, 0) is 66.7 Å². The summed E-state index contributed by atoms with van der Waals surface area (Å²) in [5.41, 5.74) is -0.398. The van der Waals surface area contributed by atoms with Gasteiger partial charge in [0.1, 0.15) is 5.75 Å². The summed E-state index contributed by atoms with van der Waals surface area (Å²) < 4.78 is 33.2. The third kappa shape index (κ3) is 3.30. The van der Waals surface area contributed by atoms with Crippen molar-refractivity contribution in [3.63, 3.8) is 0 Å². The predicted octanol–water partition coefficient (Wildman–Crippen LogP) is 2.92. The Balaban J connectivity index is 2.26. The van der Waals surface area contributed by atoms with E-state index in [1.165, 1.54) is 0 Å². The maximum atomic E-state index is 12.4. The number of hydrogen-bond donors (Lipinski definition) is 1. The van der Waals surface area contributed by atoms with E-state index in [4.69, 9.17) is 4.74 Å². The number of sulfonamides is 1. The SMILES string of the molecule is COc1ccc(S(=O)(=O)NC(C)(C)C2CC2)cc1Br. The fourth-order valence-electron chi connectivity index (χ4n) is 2.11. The number of benzene rings is 1. The Morgan fingerprint density at radius 1 is 1.37 bits per heavy atom. The quantitative estimate of drug-likeness (QED) is 0.890. The van der Waals surface area contributed by atoms with Gasteiger partial charge in [-0.2, -0.15) is 0 Å². The molecule has 1 saturated carbocycles. The minimum absolute atomic E-state index is 0.244. The van der Waals surface area contributed by atoms with Crippen LogP contribution in [0.1, 0.15) is 26.7 Å². The van der Waals surface area contributed by atoms with Crippen LogP contribution in [0.4, 0.5) is 0 Å². The number of methoxy groups -OCH3 is 1. The molecule has 0 radical (unpaired) electrons. The summed E-state index contributed by atoms with van der Waals surface area (Å²) in [5, 5.41) is 0. The van der Waals surface area contributed by atoms with E-state index in [2.05, 4.69) is 20.7 Å². The van der Waals surface area contributed by atoms with E-state index in [9.17, 15) is 8.42 Å². The Hall–Kier alpha value is -0.590. The van der Waals surface area contributed by atoms with Crippen LogP contribution in [0, 0.1) is 5.92 Å². The van der Waals surface area contributed by atoms with Gasteiger partial charge in [-0.15, -0.1) is 0 Å². The number of ether oxygens (including phenoxy) is 1. The smallest absolute Gasteiger partial charge is 0.241 e. The highest BCUT2D eigenvalue weighted by Gasteiger charge is 2.40. The Kier molecular flexibility index (Phi) is 3.95. The lowest BCUT2D eigenvalue weighted by Gasteiger charge is -2.25. The molecule has 0 aromatic heterocycles. The van der Waals surface area contributed by atoms with Crippen LogP contribution in [0.5, 0.6) is 5.75 Å². The van der Waals surface area contributed by atoms with Crippen LogP contribution in [0.2, 0.25) is 0 Å². The third-order valence-corrected chi connectivity index (χ3v) is 5.72. The zero-order valence-electron chi connectivity index (χ0n) is 11.2. The van der Waals surface area contributed by atoms with Crippen molar-refractivity contribution in [3.8, 4) is 5.75 Å². The lowest BCUT2D eigenvalue weighted by molar-refractivity contribution is 0.400. The monoisotopic (exact) mass is 347 g/mol. The van der Waals surface area contributed by atoms with E-state index in [0.717, 1.165) is 12.8 Å². The van der Waals surface area contributed by atoms with Crippen LogP contribution in [-0.2, 0) is 10.0 Å². The zero-order valence-corrected chi connectivity index (χ0v) is 13.6. The molecule has 1 aliphatic carbocycles. The molecule has 4 nitrogen and oxygen atoms in total. The molecule has 0 saturated heterocycles. The van der Waals surface area contributed by atoms with Crippen LogP contribution >= 0.6 is 15.9 Å². The molecule has 0 heterocycles. The van der Waals surface area contributed by atoms with Gasteiger partial charge in [0, 0.05) is 5.54 Å². The van der Waals surface area contributed by atoms with Crippen LogP contribution in [0.25, 0.3) is 0 Å². The molecule has 0 spiro atoms. The van der Waals surface area contributed by atoms with Crippen molar-refractivity contribution in [2.75, 3.05) is 7.11 Å². The highest BCUT2D eigenvalue weighted by Crippen LogP contribution is 2.40. The Labute approximate surface area is 122 Å². The van der Waals surface area contributed by atoms with Crippen LogP contribution in [0.3, 0.4) is 0 Å². The summed E-state index contributed by atoms with van der Waals surface area (Å²) in [6.07, 6.45) is 2.17. The Morgan fingerprint density at radius 2 is 2.00 bits per heavy atom. The average molecular weight is 348 g/mol. The first-order valence-electron chi connectivity index (χ1n) is 6.14. The summed E-state index contributed by atoms with van der Waals surface area (Å²) in [4.78, 5) is 0.244. The van der Waals surface area contributed by atoms with Gasteiger partial charge in [0.15, 0.2) is 0 Å². The van der Waals surface area contributed by atoms with Crippen molar-refractivity contribution in [1.29, 1.82) is 0 Å². The summed E-state index contributed by atoms with van der Waals surface area (Å²) in [5.74, 6) is 1.05. The molecule has 0 unspecified atom stereocenters. The zero-order chi connectivity index (χ0) is 14.3. The second kappa shape index (κ2) is 5.07. The van der Waals surface area contributed by atoms with E-state index in [1.54, 1.807) is 25.3 Å². The number of hydrogen-bond acceptors (Lipinski definition) is 3. The van der Waals surface area contributed by atoms with Crippen molar-refractivity contribution in [2.24, 2.45) is 5.92 Å². The van der Waals surface area contributed by atoms with E-state index in [1.807, 2.05) is 13.8 Å². The maximum absolute atomic E-state index is 12.4. The van der Waals surface area contributed by atoms with Gasteiger partial charge in [-0.1, -0.05) is 0 Å². The normalized spacial score (nSPS) is 16.4. The van der Waals surface area contributed by atoms with Crippen LogP contribution < -0.4 is 9.46 Å². The molecule has 106 valence electrons. The standard InChI is InChI=1S/C13H18BrNO3S/c1-13(2,9-4-5-9)15-19(16,17)10-6-7-12(18-3)11(14)8-10/h6-9,15H,4-5H2,1-3H3. The molecule has 1 aromatic carbocycles. The van der Waals surface area contributed by atoms with Crippen molar-refractivity contribution >= 4 is 26.0 Å². The molecular formula is C13H18BrNO3S. The lowest BCUT2D eigenvalue weighted by atomic mass is 10.0. The fourth-order valence-corrected chi connectivity index (χ4v) is 4.30. The molecule has 0 aliphatic heterocycles. The van der Waals surface area contributed by atoms with Gasteiger partial charge in [-0.25, -0.2) is 13.1 Å². The molecule has 1 aromatic rings. The first kappa shape index (κ1) is 14.8. The maximum Gasteiger partial charge on any atom is 0.241 e. The van der Waals surface area contributed by atoms with Crippen molar-refractivity contribution in [3.05, 3.63) is 22.7 Å². The second-order valence-corrected chi connectivity index (χ2v) is 7.93. The molecule has 2 rings (SSSR count). The highest BCUT2D eigenvalue weighted by atomic mass is 79.9. The Bertz CT molecular complexity index is 580. The van der Waals surface area contributed by atoms with E-state index >= 15 is 0 Å². The molecule has 6 heteroatoms. The van der Waals surface area contributed by atoms with Crippen molar-refractivity contribution < 1.29 is 13.2 Å². The summed E-state index contributed by atoms with van der Waals surface area (Å²) in [6.45, 7) is 3.86. The minimum atomic E-state index is -3.51. The highest BCUT2D eigenvalue weighted by molar-refractivity contribution is 9.10. The summed E-state index contributed by atoms with van der Waals surface area (Å²) >= 11 is 3.30. The molecule has 1 N–H and O–H groups in total. The van der Waals surface area contributed by atoms with Gasteiger partial charge in [0.25, 0.3) is 0 Å². The molecule has 0 bridgehead atoms. The minimum Gasteiger partial charge on any atom is -0.496 e. The van der Waals surface area contributed by atoms with Crippen molar-refractivity contribution in [2.45, 2.75) is 37.1 Å². The van der Waals surface area contributed by atoms with E-state index < -0.39 is 15.6 Å². The van der Waals surface area contributed by atoms with Crippen LogP contribution in [-0.4, -0.2) is 21.1 Å². The molecule has 1 fully saturated rings. The van der Waals surface area contributed by atoms with Crippen molar-refractivity contribution in [1.82, 2.24) is 4.72 Å². The number of nitrogens with one attached hydrogen (secondary N) is 1. The first-order chi connectivity index (χ1) is 8.76. The molecule has 0 atom stereocenters.